The van der Waals surface area contributed by atoms with Crippen molar-refractivity contribution in [3.05, 3.63) is 182 Å². The van der Waals surface area contributed by atoms with Gasteiger partial charge in [-0.1, -0.05) is 157 Å². The molecule has 2 nitrogen and oxygen atoms in total. The van der Waals surface area contributed by atoms with Gasteiger partial charge in [-0.05, 0) is 69.3 Å². The second-order valence-corrected chi connectivity index (χ2v) is 19.8. The Balaban J connectivity index is 1.23. The molecular formula is C48H30N2S2Si. The molecule has 2 aromatic heterocycles. The smallest absolute Gasteiger partial charge is 0.184 e. The summed E-state index contributed by atoms with van der Waals surface area (Å²) >= 11 is 3.92. The van der Waals surface area contributed by atoms with Crippen molar-refractivity contribution in [2.24, 2.45) is 0 Å². The summed E-state index contributed by atoms with van der Waals surface area (Å²) in [4.78, 5) is 5.47. The Morgan fingerprint density at radius 2 is 0.717 bits per heavy atom. The summed E-state index contributed by atoms with van der Waals surface area (Å²) < 4.78 is 5.04. The zero-order valence-corrected chi connectivity index (χ0v) is 31.2. The first-order valence-corrected chi connectivity index (χ1v) is 21.7. The molecule has 12 rings (SSSR count). The fraction of sp³-hybridized carbons (Fsp3) is 0. The molecule has 5 heteroatoms. The Hall–Kier alpha value is -5.72. The number of nitrogens with zero attached hydrogens (tertiary/aromatic N) is 2. The standard InChI is InChI=1S/C48H30N2S2Si/c1-2-15-31(16-3-1)53-44-29-12-25-40(49-36-21-8-4-17-32(36)33-18-5-9-22-37(33)49)46(44)51-42-27-14-28-43(48(42)53)52-47-41(26-13-30-45(47)53)50-38-23-10-6-19-34(38)35-20-7-11-24-39(35)50/h1-30H. The number of fused-ring (bicyclic) bond motifs is 10. The predicted molar refractivity (Wildman–Crippen MR) is 227 cm³/mol. The van der Waals surface area contributed by atoms with Gasteiger partial charge in [-0.15, -0.1) is 0 Å². The van der Waals surface area contributed by atoms with Crippen LogP contribution in [0.25, 0.3) is 55.0 Å². The van der Waals surface area contributed by atoms with Gasteiger partial charge in [0.05, 0.1) is 33.4 Å². The van der Waals surface area contributed by atoms with E-state index in [1.54, 1.807) is 0 Å². The van der Waals surface area contributed by atoms with Crippen molar-refractivity contribution in [2.75, 3.05) is 0 Å². The third-order valence-electron chi connectivity index (χ3n) is 11.4. The van der Waals surface area contributed by atoms with E-state index in [1.165, 1.54) is 95.3 Å². The molecule has 8 aromatic carbocycles. The van der Waals surface area contributed by atoms with Gasteiger partial charge >= 0.3 is 0 Å². The molecule has 10 aromatic rings. The Labute approximate surface area is 316 Å². The average Bonchev–Trinajstić information content (AvgIpc) is 3.74. The molecule has 2 aliphatic heterocycles. The van der Waals surface area contributed by atoms with Crippen LogP contribution < -0.4 is 20.7 Å². The summed E-state index contributed by atoms with van der Waals surface area (Å²) in [6.07, 6.45) is 0. The van der Waals surface area contributed by atoms with Gasteiger partial charge in [-0.2, -0.15) is 0 Å². The summed E-state index contributed by atoms with van der Waals surface area (Å²) in [5, 5.41) is 11.0. The highest BCUT2D eigenvalue weighted by Crippen LogP contribution is 2.47. The van der Waals surface area contributed by atoms with Gasteiger partial charge in [0.2, 0.25) is 0 Å². The van der Waals surface area contributed by atoms with E-state index in [4.69, 9.17) is 0 Å². The minimum absolute atomic E-state index is 1.24. The van der Waals surface area contributed by atoms with Crippen LogP contribution in [0.5, 0.6) is 0 Å². The monoisotopic (exact) mass is 726 g/mol. The highest BCUT2D eigenvalue weighted by molar-refractivity contribution is 8.01. The average molecular weight is 727 g/mol. The maximum atomic E-state index is 2.52. The van der Waals surface area contributed by atoms with Gasteiger partial charge in [0.15, 0.2) is 8.07 Å². The van der Waals surface area contributed by atoms with Crippen LogP contribution in [0.3, 0.4) is 0 Å². The van der Waals surface area contributed by atoms with Crippen molar-refractivity contribution in [2.45, 2.75) is 19.6 Å². The quantitative estimate of drug-likeness (QED) is 0.168. The van der Waals surface area contributed by atoms with E-state index in [2.05, 4.69) is 191 Å². The second-order valence-electron chi connectivity index (χ2n) is 14.0. The molecule has 0 atom stereocenters. The summed E-state index contributed by atoms with van der Waals surface area (Å²) in [5.74, 6) is 0. The first-order chi connectivity index (χ1) is 26.3. The van der Waals surface area contributed by atoms with Crippen LogP contribution in [0.1, 0.15) is 0 Å². The lowest BCUT2D eigenvalue weighted by atomic mass is 10.2. The molecule has 2 aliphatic rings. The van der Waals surface area contributed by atoms with E-state index < -0.39 is 8.07 Å². The number of hydrogen-bond acceptors (Lipinski definition) is 2. The third-order valence-corrected chi connectivity index (χ3v) is 19.5. The normalized spacial score (nSPS) is 14.0. The molecule has 0 N–H and O–H groups in total. The molecule has 0 bridgehead atoms. The molecule has 248 valence electrons. The molecule has 0 radical (unpaired) electrons. The minimum atomic E-state index is -2.88. The van der Waals surface area contributed by atoms with Crippen LogP contribution in [-0.4, -0.2) is 17.2 Å². The molecule has 0 saturated heterocycles. The first-order valence-electron chi connectivity index (χ1n) is 18.1. The molecule has 0 amide bonds. The van der Waals surface area contributed by atoms with Crippen molar-refractivity contribution in [3.8, 4) is 11.4 Å². The van der Waals surface area contributed by atoms with Crippen molar-refractivity contribution in [3.63, 3.8) is 0 Å². The number of aromatic nitrogens is 2. The van der Waals surface area contributed by atoms with Gasteiger partial charge < -0.3 is 9.13 Å². The molecular weight excluding hydrogens is 697 g/mol. The summed E-state index contributed by atoms with van der Waals surface area (Å²) in [6, 6.07) is 68.3. The zero-order chi connectivity index (χ0) is 34.7. The molecule has 0 unspecified atom stereocenters. The maximum absolute atomic E-state index is 2.88. The highest BCUT2D eigenvalue weighted by Gasteiger charge is 2.52. The Bertz CT molecular complexity index is 2850. The zero-order valence-electron chi connectivity index (χ0n) is 28.5. The van der Waals surface area contributed by atoms with E-state index in [-0.39, 0.29) is 0 Å². The van der Waals surface area contributed by atoms with Crippen molar-refractivity contribution < 1.29 is 0 Å². The van der Waals surface area contributed by atoms with E-state index in [0.717, 1.165) is 0 Å². The van der Waals surface area contributed by atoms with Gasteiger partial charge in [0.1, 0.15) is 0 Å². The lowest BCUT2D eigenvalue weighted by Crippen LogP contribution is -2.78. The fourth-order valence-electron chi connectivity index (χ4n) is 9.40. The third kappa shape index (κ3) is 3.91. The Kier molecular flexibility index (Phi) is 6.27. The van der Waals surface area contributed by atoms with Crippen molar-refractivity contribution >= 4 is 96.0 Å². The summed E-state index contributed by atoms with van der Waals surface area (Å²) in [6.45, 7) is 0. The van der Waals surface area contributed by atoms with E-state index in [1.807, 2.05) is 23.5 Å². The van der Waals surface area contributed by atoms with Crippen LogP contribution in [-0.2, 0) is 0 Å². The molecule has 0 spiro atoms. The van der Waals surface area contributed by atoms with E-state index in [9.17, 15) is 0 Å². The van der Waals surface area contributed by atoms with Gasteiger partial charge in [0.25, 0.3) is 0 Å². The van der Waals surface area contributed by atoms with E-state index >= 15 is 0 Å². The lowest BCUT2D eigenvalue weighted by Gasteiger charge is -2.45. The number of benzene rings is 8. The van der Waals surface area contributed by atoms with Crippen LogP contribution in [0.15, 0.2) is 202 Å². The van der Waals surface area contributed by atoms with Crippen LogP contribution in [0, 0.1) is 0 Å². The molecule has 53 heavy (non-hydrogen) atoms. The topological polar surface area (TPSA) is 9.86 Å². The molecule has 0 saturated carbocycles. The summed E-state index contributed by atoms with van der Waals surface area (Å²) in [7, 11) is -2.88. The minimum Gasteiger partial charge on any atom is -0.308 e. The van der Waals surface area contributed by atoms with Gasteiger partial charge in [-0.3, -0.25) is 0 Å². The van der Waals surface area contributed by atoms with Crippen LogP contribution >= 0.6 is 23.5 Å². The number of rotatable bonds is 3. The molecule has 0 fully saturated rings. The molecule has 4 heterocycles. The second kappa shape index (κ2) is 11.1. The predicted octanol–water partition coefficient (Wildman–Crippen LogP) is 10.2. The summed E-state index contributed by atoms with van der Waals surface area (Å²) in [5.41, 5.74) is 7.47. The van der Waals surface area contributed by atoms with Crippen LogP contribution in [0.4, 0.5) is 0 Å². The van der Waals surface area contributed by atoms with Crippen molar-refractivity contribution in [1.29, 1.82) is 0 Å². The lowest BCUT2D eigenvalue weighted by molar-refractivity contribution is 1.12. The van der Waals surface area contributed by atoms with E-state index in [0.29, 0.717) is 0 Å². The van der Waals surface area contributed by atoms with Gasteiger partial charge in [0, 0.05) is 41.1 Å². The van der Waals surface area contributed by atoms with Crippen LogP contribution in [0.2, 0.25) is 0 Å². The Morgan fingerprint density at radius 3 is 1.15 bits per heavy atom. The molecule has 0 aliphatic carbocycles. The maximum Gasteiger partial charge on any atom is 0.184 e. The largest absolute Gasteiger partial charge is 0.308 e. The fourth-order valence-corrected chi connectivity index (χ4v) is 18.9. The number of para-hydroxylation sites is 4. The SMILES string of the molecule is c1ccc([Si]23c4cccc(-n5c6ccccc6c6ccccc65)c4Sc4cccc(c42)Sc2c(-n4c5ccccc5c5ccccc54)cccc23)cc1. The van der Waals surface area contributed by atoms with Crippen molar-refractivity contribution in [1.82, 2.24) is 9.13 Å². The number of hydrogen-bond donors (Lipinski definition) is 0. The Morgan fingerprint density at radius 1 is 0.340 bits per heavy atom. The highest BCUT2D eigenvalue weighted by atomic mass is 32.2. The first kappa shape index (κ1) is 29.8. The van der Waals surface area contributed by atoms with Gasteiger partial charge in [-0.25, -0.2) is 0 Å².